The second-order valence-electron chi connectivity index (χ2n) is 2.77. The monoisotopic (exact) mass is 185 g/mol. The van der Waals surface area contributed by atoms with Crippen molar-refractivity contribution in [3.63, 3.8) is 0 Å². The summed E-state index contributed by atoms with van der Waals surface area (Å²) in [6.45, 7) is 3.96. The minimum Gasteiger partial charge on any atom is -0.481 e. The van der Waals surface area contributed by atoms with Crippen molar-refractivity contribution in [2.75, 3.05) is 13.2 Å². The van der Waals surface area contributed by atoms with Crippen LogP contribution in [0.3, 0.4) is 0 Å². The number of rotatable bonds is 4. The van der Waals surface area contributed by atoms with Crippen LogP contribution in [0.1, 0.15) is 6.42 Å². The molecule has 0 bridgehead atoms. The lowest BCUT2D eigenvalue weighted by atomic mass is 10.2. The van der Waals surface area contributed by atoms with E-state index in [-0.39, 0.29) is 19.1 Å². The Morgan fingerprint density at radius 2 is 2.54 bits per heavy atom. The number of carbonyl (C=O) groups excluding carboxylic acids is 1. The Hall–Kier alpha value is -1.52. The molecule has 0 aliphatic carbocycles. The second-order valence-corrected chi connectivity index (χ2v) is 2.77. The summed E-state index contributed by atoms with van der Waals surface area (Å²) in [5.74, 6) is -0.933. The van der Waals surface area contributed by atoms with E-state index in [4.69, 9.17) is 9.84 Å². The summed E-state index contributed by atoms with van der Waals surface area (Å²) in [5.41, 5.74) is 0. The van der Waals surface area contributed by atoms with Crippen LogP contribution in [-0.2, 0) is 9.53 Å². The van der Waals surface area contributed by atoms with Crippen molar-refractivity contribution in [1.29, 1.82) is 0 Å². The molecular weight excluding hydrogens is 174 g/mol. The first-order valence-corrected chi connectivity index (χ1v) is 3.91. The number of aliphatic carboxylic acids is 1. The number of carbonyl (C=O) groups is 2. The van der Waals surface area contributed by atoms with Crippen LogP contribution in [0.5, 0.6) is 0 Å². The highest BCUT2D eigenvalue weighted by Gasteiger charge is 2.33. The normalized spacial score (nSPS) is 21.4. The standard InChI is InChI=1S/C8H11NO4/c1-2-3-9-6(4-7(10)11)5-13-8(9)12/h2,6H,1,3-5H2,(H,10,11). The molecule has 72 valence electrons. The summed E-state index contributed by atoms with van der Waals surface area (Å²) in [7, 11) is 0. The maximum atomic E-state index is 11.0. The number of cyclic esters (lactones) is 1. The molecule has 5 heteroatoms. The van der Waals surface area contributed by atoms with Crippen LogP contribution >= 0.6 is 0 Å². The molecule has 1 aliphatic heterocycles. The van der Waals surface area contributed by atoms with Crippen molar-refractivity contribution < 1.29 is 19.4 Å². The third kappa shape index (κ3) is 2.21. The summed E-state index contributed by atoms with van der Waals surface area (Å²) in [5, 5.41) is 8.53. The van der Waals surface area contributed by atoms with Gasteiger partial charge in [0.05, 0.1) is 12.5 Å². The minimum atomic E-state index is -0.933. The summed E-state index contributed by atoms with van der Waals surface area (Å²) in [6, 6.07) is -0.358. The fraction of sp³-hybridized carbons (Fsp3) is 0.500. The zero-order valence-electron chi connectivity index (χ0n) is 7.10. The fourth-order valence-corrected chi connectivity index (χ4v) is 1.22. The molecule has 1 fully saturated rings. The molecule has 0 aromatic carbocycles. The quantitative estimate of drug-likeness (QED) is 0.646. The largest absolute Gasteiger partial charge is 0.481 e. The minimum absolute atomic E-state index is 0.0837. The first-order chi connectivity index (χ1) is 6.15. The van der Waals surface area contributed by atoms with Gasteiger partial charge < -0.3 is 9.84 Å². The zero-order chi connectivity index (χ0) is 9.84. The number of carboxylic acid groups (broad SMARTS) is 1. The average molecular weight is 185 g/mol. The van der Waals surface area contributed by atoms with Gasteiger partial charge in [-0.15, -0.1) is 6.58 Å². The number of hydrogen-bond acceptors (Lipinski definition) is 3. The highest BCUT2D eigenvalue weighted by atomic mass is 16.6. The van der Waals surface area contributed by atoms with Crippen molar-refractivity contribution in [2.24, 2.45) is 0 Å². The van der Waals surface area contributed by atoms with E-state index < -0.39 is 12.1 Å². The van der Waals surface area contributed by atoms with Crippen LogP contribution in [0.2, 0.25) is 0 Å². The first kappa shape index (κ1) is 9.57. The Morgan fingerprint density at radius 1 is 1.85 bits per heavy atom. The van der Waals surface area contributed by atoms with E-state index in [1.165, 1.54) is 4.90 Å². The fourth-order valence-electron chi connectivity index (χ4n) is 1.22. The lowest BCUT2D eigenvalue weighted by molar-refractivity contribution is -0.138. The summed E-state index contributed by atoms with van der Waals surface area (Å²) in [4.78, 5) is 22.8. The van der Waals surface area contributed by atoms with E-state index in [0.717, 1.165) is 0 Å². The summed E-state index contributed by atoms with van der Waals surface area (Å²) in [6.07, 6.45) is 0.993. The molecule has 0 radical (unpaired) electrons. The number of hydrogen-bond donors (Lipinski definition) is 1. The van der Waals surface area contributed by atoms with Crippen LogP contribution in [-0.4, -0.2) is 41.3 Å². The third-order valence-corrected chi connectivity index (χ3v) is 1.81. The molecule has 0 aromatic heterocycles. The lowest BCUT2D eigenvalue weighted by Crippen LogP contribution is -2.35. The van der Waals surface area contributed by atoms with Gasteiger partial charge in [0.25, 0.3) is 0 Å². The molecule has 13 heavy (non-hydrogen) atoms. The number of carboxylic acids is 1. The van der Waals surface area contributed by atoms with Gasteiger partial charge in [-0.05, 0) is 0 Å². The van der Waals surface area contributed by atoms with E-state index in [2.05, 4.69) is 6.58 Å². The van der Waals surface area contributed by atoms with Gasteiger partial charge in [-0.25, -0.2) is 4.79 Å². The van der Waals surface area contributed by atoms with Gasteiger partial charge >= 0.3 is 12.1 Å². The molecule has 1 atom stereocenters. The van der Waals surface area contributed by atoms with Crippen molar-refractivity contribution in [2.45, 2.75) is 12.5 Å². The van der Waals surface area contributed by atoms with Crippen LogP contribution in [0.15, 0.2) is 12.7 Å². The SMILES string of the molecule is C=CCN1C(=O)OCC1CC(=O)O. The Bertz CT molecular complexity index is 238. The number of amides is 1. The highest BCUT2D eigenvalue weighted by molar-refractivity contribution is 5.73. The third-order valence-electron chi connectivity index (χ3n) is 1.81. The molecule has 0 spiro atoms. The maximum Gasteiger partial charge on any atom is 0.410 e. The molecule has 1 N–H and O–H groups in total. The van der Waals surface area contributed by atoms with Crippen molar-refractivity contribution in [1.82, 2.24) is 4.90 Å². The van der Waals surface area contributed by atoms with Crippen LogP contribution in [0.4, 0.5) is 4.79 Å². The molecule has 1 unspecified atom stereocenters. The molecular formula is C8H11NO4. The Kier molecular flexibility index (Phi) is 2.89. The molecule has 5 nitrogen and oxygen atoms in total. The van der Waals surface area contributed by atoms with Crippen molar-refractivity contribution >= 4 is 12.1 Å². The average Bonchev–Trinajstić information content (AvgIpc) is 2.35. The number of ether oxygens (including phenoxy) is 1. The van der Waals surface area contributed by atoms with Crippen molar-refractivity contribution in [3.8, 4) is 0 Å². The van der Waals surface area contributed by atoms with E-state index in [1.807, 2.05) is 0 Å². The predicted molar refractivity (Wildman–Crippen MR) is 44.3 cm³/mol. The summed E-state index contributed by atoms with van der Waals surface area (Å²) < 4.78 is 4.71. The van der Waals surface area contributed by atoms with E-state index in [0.29, 0.717) is 6.54 Å². The van der Waals surface area contributed by atoms with E-state index in [9.17, 15) is 9.59 Å². The van der Waals surface area contributed by atoms with Gasteiger partial charge in [0.15, 0.2) is 0 Å². The van der Waals surface area contributed by atoms with Gasteiger partial charge in [0.2, 0.25) is 0 Å². The molecule has 0 aromatic rings. The molecule has 1 heterocycles. The zero-order valence-corrected chi connectivity index (χ0v) is 7.10. The lowest BCUT2D eigenvalue weighted by Gasteiger charge is -2.17. The second kappa shape index (κ2) is 3.93. The topological polar surface area (TPSA) is 66.8 Å². The van der Waals surface area contributed by atoms with Gasteiger partial charge in [0.1, 0.15) is 6.61 Å². The van der Waals surface area contributed by atoms with Crippen LogP contribution in [0.25, 0.3) is 0 Å². The molecule has 0 saturated carbocycles. The smallest absolute Gasteiger partial charge is 0.410 e. The van der Waals surface area contributed by atoms with Gasteiger partial charge in [-0.3, -0.25) is 9.69 Å². The van der Waals surface area contributed by atoms with Gasteiger partial charge in [0, 0.05) is 6.54 Å². The van der Waals surface area contributed by atoms with E-state index >= 15 is 0 Å². The van der Waals surface area contributed by atoms with E-state index in [1.54, 1.807) is 6.08 Å². The Balaban J connectivity index is 2.58. The molecule has 1 rings (SSSR count). The molecule has 1 aliphatic rings. The highest BCUT2D eigenvalue weighted by Crippen LogP contribution is 2.14. The first-order valence-electron chi connectivity index (χ1n) is 3.91. The summed E-state index contributed by atoms with van der Waals surface area (Å²) >= 11 is 0. The number of nitrogens with zero attached hydrogens (tertiary/aromatic N) is 1. The molecule has 1 saturated heterocycles. The molecule has 1 amide bonds. The van der Waals surface area contributed by atoms with Gasteiger partial charge in [-0.2, -0.15) is 0 Å². The maximum absolute atomic E-state index is 11.0. The predicted octanol–water partition coefficient (Wildman–Crippen LogP) is 0.468. The van der Waals surface area contributed by atoms with Crippen LogP contribution < -0.4 is 0 Å². The Morgan fingerprint density at radius 3 is 3.08 bits per heavy atom. The van der Waals surface area contributed by atoms with Crippen LogP contribution in [0, 0.1) is 0 Å². The Labute approximate surface area is 75.6 Å². The van der Waals surface area contributed by atoms with Gasteiger partial charge in [-0.1, -0.05) is 6.08 Å². The van der Waals surface area contributed by atoms with Crippen molar-refractivity contribution in [3.05, 3.63) is 12.7 Å².